The quantitative estimate of drug-likeness (QED) is 0.733. The van der Waals surface area contributed by atoms with Gasteiger partial charge in [-0.3, -0.25) is 0 Å². The minimum absolute atomic E-state index is 0.0871. The van der Waals surface area contributed by atoms with Gasteiger partial charge in [0.25, 0.3) is 0 Å². The summed E-state index contributed by atoms with van der Waals surface area (Å²) in [6.07, 6.45) is 0. The van der Waals surface area contributed by atoms with Crippen molar-refractivity contribution in [3.8, 4) is 0 Å². The highest BCUT2D eigenvalue weighted by atomic mass is 32.1. The lowest BCUT2D eigenvalue weighted by Crippen LogP contribution is -2.20. The third-order valence-corrected chi connectivity index (χ3v) is 4.81. The van der Waals surface area contributed by atoms with E-state index in [0.717, 1.165) is 15.0 Å². The van der Waals surface area contributed by atoms with Crippen molar-refractivity contribution >= 4 is 21.4 Å². The van der Waals surface area contributed by atoms with E-state index in [1.165, 1.54) is 12.1 Å². The summed E-state index contributed by atoms with van der Waals surface area (Å²) in [5.74, 6) is -0.998. The molecule has 0 spiro atoms. The molecule has 1 heterocycles. The number of hydrogen-bond donors (Lipinski definition) is 1. The summed E-state index contributed by atoms with van der Waals surface area (Å²) in [5.41, 5.74) is 0.539. The van der Waals surface area contributed by atoms with Gasteiger partial charge in [-0.15, -0.1) is 11.3 Å². The molecule has 3 rings (SSSR count). The van der Waals surface area contributed by atoms with Crippen LogP contribution in [0.4, 0.5) is 8.78 Å². The molecule has 3 aromatic rings. The summed E-state index contributed by atoms with van der Waals surface area (Å²) in [5, 5.41) is 4.12. The largest absolute Gasteiger partial charge is 0.308 e. The molecule has 0 amide bonds. The van der Waals surface area contributed by atoms with Gasteiger partial charge in [0, 0.05) is 15.1 Å². The van der Waals surface area contributed by atoms with Crippen LogP contribution in [0, 0.1) is 18.6 Å². The molecular weight excluding hydrogens is 288 g/mol. The summed E-state index contributed by atoms with van der Waals surface area (Å²) >= 11 is 1.55. The van der Waals surface area contributed by atoms with Crippen LogP contribution in [0.3, 0.4) is 0 Å². The van der Waals surface area contributed by atoms with Crippen molar-refractivity contribution < 1.29 is 8.78 Å². The maximum atomic E-state index is 14.4. The monoisotopic (exact) mass is 303 g/mol. The van der Waals surface area contributed by atoms with Crippen molar-refractivity contribution in [3.63, 3.8) is 0 Å². The van der Waals surface area contributed by atoms with E-state index in [9.17, 15) is 8.78 Å². The fourth-order valence-corrected chi connectivity index (χ4v) is 3.70. The highest BCUT2D eigenvalue weighted by molar-refractivity contribution is 7.19. The Bertz CT molecular complexity index is 762. The van der Waals surface area contributed by atoms with Gasteiger partial charge in [-0.05, 0) is 43.1 Å². The van der Waals surface area contributed by atoms with E-state index in [0.29, 0.717) is 5.56 Å². The lowest BCUT2D eigenvalue weighted by atomic mass is 10.0. The molecule has 4 heteroatoms. The number of thiophene rings is 1. The molecule has 0 aliphatic heterocycles. The summed E-state index contributed by atoms with van der Waals surface area (Å²) in [4.78, 5) is 0.905. The first-order chi connectivity index (χ1) is 10.1. The molecule has 1 N–H and O–H groups in total. The molecule has 0 saturated carbocycles. The normalized spacial score (nSPS) is 12.8. The first kappa shape index (κ1) is 14.2. The molecule has 0 aliphatic rings. The number of rotatable bonds is 3. The van der Waals surface area contributed by atoms with Gasteiger partial charge in [-0.2, -0.15) is 0 Å². The lowest BCUT2D eigenvalue weighted by molar-refractivity contribution is 0.520. The zero-order valence-electron chi connectivity index (χ0n) is 11.8. The Hall–Kier alpha value is -1.78. The van der Waals surface area contributed by atoms with Crippen molar-refractivity contribution in [2.75, 3.05) is 7.05 Å². The topological polar surface area (TPSA) is 12.0 Å². The van der Waals surface area contributed by atoms with Crippen molar-refractivity contribution in [2.45, 2.75) is 13.0 Å². The van der Waals surface area contributed by atoms with Gasteiger partial charge >= 0.3 is 0 Å². The van der Waals surface area contributed by atoms with Crippen LogP contribution in [0.5, 0.6) is 0 Å². The van der Waals surface area contributed by atoms with E-state index in [4.69, 9.17) is 0 Å². The third kappa shape index (κ3) is 2.45. The van der Waals surface area contributed by atoms with Crippen LogP contribution in [-0.4, -0.2) is 7.05 Å². The van der Waals surface area contributed by atoms with Crippen molar-refractivity contribution in [1.82, 2.24) is 5.32 Å². The number of halogens is 2. The Kier molecular flexibility index (Phi) is 3.74. The van der Waals surface area contributed by atoms with Crippen molar-refractivity contribution in [2.24, 2.45) is 0 Å². The second-order valence-corrected chi connectivity index (χ2v) is 6.12. The second kappa shape index (κ2) is 5.54. The molecule has 1 atom stereocenters. The number of benzene rings is 2. The Balaban J connectivity index is 2.16. The Morgan fingerprint density at radius 2 is 1.86 bits per heavy atom. The van der Waals surface area contributed by atoms with Crippen molar-refractivity contribution in [3.05, 3.63) is 70.1 Å². The lowest BCUT2D eigenvalue weighted by Gasteiger charge is -2.17. The summed E-state index contributed by atoms with van der Waals surface area (Å²) in [7, 11) is 1.72. The van der Waals surface area contributed by atoms with E-state index in [1.807, 2.05) is 30.3 Å². The van der Waals surface area contributed by atoms with Crippen LogP contribution in [0.15, 0.2) is 42.5 Å². The summed E-state index contributed by atoms with van der Waals surface area (Å²) in [6, 6.07) is 12.2. The predicted octanol–water partition coefficient (Wildman–Crippen LogP) is 4.80. The third-order valence-electron chi connectivity index (χ3n) is 3.63. The average molecular weight is 303 g/mol. The van der Waals surface area contributed by atoms with Crippen molar-refractivity contribution in [1.29, 1.82) is 0 Å². The minimum atomic E-state index is -0.519. The molecular formula is C17H15F2NS. The molecule has 21 heavy (non-hydrogen) atoms. The average Bonchev–Trinajstić information content (AvgIpc) is 2.91. The van der Waals surface area contributed by atoms with Crippen LogP contribution < -0.4 is 5.32 Å². The molecule has 1 unspecified atom stereocenters. The fourth-order valence-electron chi connectivity index (χ4n) is 2.52. The van der Waals surface area contributed by atoms with E-state index >= 15 is 0 Å². The Morgan fingerprint density at radius 3 is 2.57 bits per heavy atom. The Morgan fingerprint density at radius 1 is 1.10 bits per heavy atom. The number of nitrogens with one attached hydrogen (secondary N) is 1. The summed E-state index contributed by atoms with van der Waals surface area (Å²) in [6.45, 7) is 1.65. The zero-order valence-corrected chi connectivity index (χ0v) is 12.6. The molecule has 0 aliphatic carbocycles. The highest BCUT2D eigenvalue weighted by Crippen LogP contribution is 2.35. The molecule has 1 nitrogen and oxygen atoms in total. The van der Waals surface area contributed by atoms with Crippen LogP contribution >= 0.6 is 11.3 Å². The SMILES string of the molecule is CNC(c1cc2ccccc2s1)c1c(F)ccc(C)c1F. The van der Waals surface area contributed by atoms with Gasteiger partial charge in [0.15, 0.2) is 0 Å². The number of aryl methyl sites for hydroxylation is 1. The van der Waals surface area contributed by atoms with Gasteiger partial charge in [0.2, 0.25) is 0 Å². The highest BCUT2D eigenvalue weighted by Gasteiger charge is 2.23. The van der Waals surface area contributed by atoms with Crippen LogP contribution in [-0.2, 0) is 0 Å². The molecule has 0 saturated heterocycles. The van der Waals surface area contributed by atoms with Gasteiger partial charge in [0.05, 0.1) is 6.04 Å². The smallest absolute Gasteiger partial charge is 0.134 e. The maximum Gasteiger partial charge on any atom is 0.134 e. The molecule has 0 fully saturated rings. The van der Waals surface area contributed by atoms with Crippen LogP contribution in [0.2, 0.25) is 0 Å². The van der Waals surface area contributed by atoms with E-state index in [-0.39, 0.29) is 5.56 Å². The maximum absolute atomic E-state index is 14.4. The second-order valence-electron chi connectivity index (χ2n) is 5.00. The molecule has 0 radical (unpaired) electrons. The molecule has 1 aromatic heterocycles. The first-order valence-corrected chi connectivity index (χ1v) is 7.53. The van der Waals surface area contributed by atoms with Gasteiger partial charge in [-0.1, -0.05) is 24.3 Å². The van der Waals surface area contributed by atoms with Gasteiger partial charge in [-0.25, -0.2) is 8.78 Å². The van der Waals surface area contributed by atoms with E-state index in [2.05, 4.69) is 5.32 Å². The standard InChI is InChI=1S/C17H15F2NS/c1-10-7-8-12(18)15(16(10)19)17(20-2)14-9-11-5-3-4-6-13(11)21-14/h3-9,17,20H,1-2H3. The molecule has 2 aromatic carbocycles. The van der Waals surface area contributed by atoms with Gasteiger partial charge < -0.3 is 5.32 Å². The van der Waals surface area contributed by atoms with Crippen LogP contribution in [0.1, 0.15) is 22.0 Å². The molecule has 108 valence electrons. The van der Waals surface area contributed by atoms with Gasteiger partial charge in [0.1, 0.15) is 11.6 Å². The van der Waals surface area contributed by atoms with E-state index < -0.39 is 17.7 Å². The molecule has 0 bridgehead atoms. The predicted molar refractivity (Wildman–Crippen MR) is 83.8 cm³/mol. The van der Waals surface area contributed by atoms with Crippen LogP contribution in [0.25, 0.3) is 10.1 Å². The number of fused-ring (bicyclic) bond motifs is 1. The first-order valence-electron chi connectivity index (χ1n) is 6.72. The fraction of sp³-hybridized carbons (Fsp3) is 0.176. The van der Waals surface area contributed by atoms with E-state index in [1.54, 1.807) is 25.3 Å². The Labute approximate surface area is 126 Å². The summed E-state index contributed by atoms with van der Waals surface area (Å²) < 4.78 is 29.6. The zero-order chi connectivity index (χ0) is 15.0. The number of hydrogen-bond acceptors (Lipinski definition) is 2. The minimum Gasteiger partial charge on any atom is -0.308 e.